The van der Waals surface area contributed by atoms with E-state index in [1.54, 1.807) is 13.3 Å². The molecule has 1 aromatic heterocycles. The number of carbonyl (C=O) groups excluding carboxylic acids is 3. The van der Waals surface area contributed by atoms with Gasteiger partial charge in [0.25, 0.3) is 0 Å². The zero-order chi connectivity index (χ0) is 32.5. The summed E-state index contributed by atoms with van der Waals surface area (Å²) in [6, 6.07) is 8.05. The van der Waals surface area contributed by atoms with Crippen molar-refractivity contribution >= 4 is 34.3 Å². The highest BCUT2D eigenvalue weighted by atomic mass is 16.5. The van der Waals surface area contributed by atoms with Crippen molar-refractivity contribution in [1.29, 1.82) is 0 Å². The van der Waals surface area contributed by atoms with Crippen LogP contribution in [0.2, 0.25) is 0 Å². The van der Waals surface area contributed by atoms with Crippen LogP contribution in [0.25, 0.3) is 10.9 Å². The molecule has 7 atom stereocenters. The molecule has 248 valence electrons. The van der Waals surface area contributed by atoms with Crippen LogP contribution < -0.4 is 15.4 Å². The number of ketones is 1. The minimum absolute atomic E-state index is 0.103. The zero-order valence-corrected chi connectivity index (χ0v) is 28.0. The van der Waals surface area contributed by atoms with Crippen LogP contribution in [0.15, 0.2) is 42.1 Å². The first-order valence-electron chi connectivity index (χ1n) is 17.5. The summed E-state index contributed by atoms with van der Waals surface area (Å²) >= 11 is 0. The number of esters is 1. The van der Waals surface area contributed by atoms with E-state index in [1.807, 2.05) is 24.3 Å². The molecule has 3 saturated carbocycles. The second kappa shape index (κ2) is 13.4. The van der Waals surface area contributed by atoms with Crippen LogP contribution >= 0.6 is 0 Å². The lowest BCUT2D eigenvalue weighted by Gasteiger charge is -2.56. The number of pyridine rings is 1. The lowest BCUT2D eigenvalue weighted by molar-refractivity contribution is -0.152. The summed E-state index contributed by atoms with van der Waals surface area (Å²) < 4.78 is 11.4. The molecule has 46 heavy (non-hydrogen) atoms. The predicted octanol–water partition coefficient (Wildman–Crippen LogP) is 7.16. The molecule has 1 unspecified atom stereocenters. The Bertz CT molecular complexity index is 1500. The number of carbonyl (C=O) groups is 3. The first kappa shape index (κ1) is 32.5. The molecule has 6 rings (SSSR count). The van der Waals surface area contributed by atoms with Gasteiger partial charge in [-0.25, -0.2) is 0 Å². The van der Waals surface area contributed by atoms with Crippen LogP contribution in [0, 0.1) is 28.6 Å². The van der Waals surface area contributed by atoms with Crippen LogP contribution in [0.1, 0.15) is 97.8 Å². The molecule has 2 N–H and O–H groups in total. The summed E-state index contributed by atoms with van der Waals surface area (Å²) in [6.45, 7) is 7.32. The summed E-state index contributed by atoms with van der Waals surface area (Å²) in [5, 5.41) is 7.52. The highest BCUT2D eigenvalue weighted by Gasteiger charge is 2.58. The highest BCUT2D eigenvalue weighted by Crippen LogP contribution is 2.64. The average Bonchev–Trinajstić information content (AvgIpc) is 3.36. The van der Waals surface area contributed by atoms with Gasteiger partial charge in [0.1, 0.15) is 17.6 Å². The quantitative estimate of drug-likeness (QED) is 0.154. The fourth-order valence-corrected chi connectivity index (χ4v) is 9.41. The summed E-state index contributed by atoms with van der Waals surface area (Å²) in [5.74, 6) is 2.60. The summed E-state index contributed by atoms with van der Waals surface area (Å²) in [6.07, 6.45) is 13.7. The fraction of sp³-hybridized carbons (Fsp3) is 0.632. The number of Topliss-reactive ketones (excluding diaryl/α,β-unsaturated/α-hetero) is 1. The van der Waals surface area contributed by atoms with Crippen molar-refractivity contribution in [3.05, 3.63) is 42.1 Å². The fourth-order valence-electron chi connectivity index (χ4n) is 9.41. The maximum atomic E-state index is 12.7. The Kier molecular flexibility index (Phi) is 9.45. The number of amides is 1. The molecule has 1 amide bonds. The van der Waals surface area contributed by atoms with E-state index in [1.165, 1.54) is 5.57 Å². The molecule has 0 radical (unpaired) electrons. The van der Waals surface area contributed by atoms with Gasteiger partial charge in [-0.15, -0.1) is 0 Å². The van der Waals surface area contributed by atoms with Crippen LogP contribution in [0.5, 0.6) is 5.75 Å². The van der Waals surface area contributed by atoms with E-state index in [9.17, 15) is 14.4 Å². The normalized spacial score (nSPS) is 30.8. The highest BCUT2D eigenvalue weighted by molar-refractivity contribution is 5.92. The molecule has 0 bridgehead atoms. The zero-order valence-electron chi connectivity index (χ0n) is 28.0. The van der Waals surface area contributed by atoms with E-state index in [0.717, 1.165) is 86.5 Å². The first-order valence-corrected chi connectivity index (χ1v) is 17.5. The molecule has 8 heteroatoms. The monoisotopic (exact) mass is 629 g/mol. The van der Waals surface area contributed by atoms with Gasteiger partial charge in [-0.2, -0.15) is 0 Å². The Balaban J connectivity index is 0.906. The topological polar surface area (TPSA) is 107 Å². The van der Waals surface area contributed by atoms with Crippen molar-refractivity contribution in [2.75, 3.05) is 19.0 Å². The standard InChI is InChI=1S/C38H51N3O5/c1-24(41-32-23-28(45-4)21-25-8-6-20-40-36(25)32)7-5-19-39-34(43)13-14-35(44)46-27-15-17-37(2)26(22-27)9-10-29-30-11-12-33(42)38(30,3)18-16-31(29)37/h6,8-9,20-21,23-24,27,29-31,41H,5,7,10-19,22H2,1-4H3,(H,39,43)/t24?,27-,29-,30-,31-,37-,38-/m0/s1. The van der Waals surface area contributed by atoms with Gasteiger partial charge in [0, 0.05) is 54.9 Å². The molecular formula is C38H51N3O5. The number of aromatic nitrogens is 1. The largest absolute Gasteiger partial charge is 0.497 e. The van der Waals surface area contributed by atoms with Gasteiger partial charge in [0.2, 0.25) is 5.91 Å². The van der Waals surface area contributed by atoms with Crippen LogP contribution in [0.4, 0.5) is 5.69 Å². The van der Waals surface area contributed by atoms with Crippen molar-refractivity contribution in [3.8, 4) is 5.75 Å². The van der Waals surface area contributed by atoms with Gasteiger partial charge in [-0.05, 0) is 93.6 Å². The number of anilines is 1. The van der Waals surface area contributed by atoms with Crippen molar-refractivity contribution < 1.29 is 23.9 Å². The van der Waals surface area contributed by atoms with Crippen molar-refractivity contribution in [1.82, 2.24) is 10.3 Å². The SMILES string of the molecule is COc1cc(NC(C)CCCNC(=O)CCC(=O)O[C@H]2CC[C@@]3(C)C(=CC[C@@H]4[C@@H]3CC[C@]3(C)C(=O)CC[C@@H]43)C2)c2ncccc2c1. The molecule has 8 nitrogen and oxygen atoms in total. The van der Waals surface area contributed by atoms with E-state index >= 15 is 0 Å². The van der Waals surface area contributed by atoms with Gasteiger partial charge in [0.15, 0.2) is 0 Å². The molecule has 3 fully saturated rings. The number of benzene rings is 1. The maximum Gasteiger partial charge on any atom is 0.306 e. The second-order valence-electron chi connectivity index (χ2n) is 14.8. The number of fused-ring (bicyclic) bond motifs is 6. The van der Waals surface area contributed by atoms with E-state index in [0.29, 0.717) is 30.1 Å². The molecule has 4 aliphatic rings. The van der Waals surface area contributed by atoms with Gasteiger partial charge < -0.3 is 20.1 Å². The lowest BCUT2D eigenvalue weighted by Crippen LogP contribution is -2.50. The Morgan fingerprint density at radius 2 is 1.89 bits per heavy atom. The molecule has 2 aromatic rings. The third kappa shape index (κ3) is 6.41. The third-order valence-corrected chi connectivity index (χ3v) is 12.1. The number of hydrogen-bond acceptors (Lipinski definition) is 7. The minimum Gasteiger partial charge on any atom is -0.497 e. The van der Waals surface area contributed by atoms with Crippen LogP contribution in [-0.2, 0) is 19.1 Å². The number of nitrogens with one attached hydrogen (secondary N) is 2. The molecule has 0 aliphatic heterocycles. The number of rotatable bonds is 11. The Hall–Kier alpha value is -3.42. The minimum atomic E-state index is -0.284. The predicted molar refractivity (Wildman–Crippen MR) is 179 cm³/mol. The van der Waals surface area contributed by atoms with Gasteiger partial charge >= 0.3 is 5.97 Å². The molecule has 4 aliphatic carbocycles. The average molecular weight is 630 g/mol. The number of hydrogen-bond donors (Lipinski definition) is 2. The number of ether oxygens (including phenoxy) is 2. The Morgan fingerprint density at radius 3 is 2.72 bits per heavy atom. The molecule has 0 spiro atoms. The molecule has 1 heterocycles. The summed E-state index contributed by atoms with van der Waals surface area (Å²) in [4.78, 5) is 42.5. The number of methoxy groups -OCH3 is 1. The van der Waals surface area contributed by atoms with Gasteiger partial charge in [-0.3, -0.25) is 19.4 Å². The van der Waals surface area contributed by atoms with E-state index in [2.05, 4.69) is 42.5 Å². The first-order chi connectivity index (χ1) is 22.1. The molecule has 0 saturated heterocycles. The summed E-state index contributed by atoms with van der Waals surface area (Å²) in [5.41, 5.74) is 3.32. The maximum absolute atomic E-state index is 12.7. The van der Waals surface area contributed by atoms with Gasteiger partial charge in [-0.1, -0.05) is 31.6 Å². The van der Waals surface area contributed by atoms with E-state index in [-0.39, 0.29) is 47.7 Å². The van der Waals surface area contributed by atoms with E-state index in [4.69, 9.17) is 9.47 Å². The smallest absolute Gasteiger partial charge is 0.306 e. The number of nitrogens with zero attached hydrogens (tertiary/aromatic N) is 1. The third-order valence-electron chi connectivity index (χ3n) is 12.1. The Morgan fingerprint density at radius 1 is 1.09 bits per heavy atom. The van der Waals surface area contributed by atoms with Crippen LogP contribution in [-0.4, -0.2) is 48.4 Å². The lowest BCUT2D eigenvalue weighted by atomic mass is 9.48. The van der Waals surface area contributed by atoms with Crippen molar-refractivity contribution in [3.63, 3.8) is 0 Å². The van der Waals surface area contributed by atoms with Crippen molar-refractivity contribution in [2.24, 2.45) is 28.6 Å². The van der Waals surface area contributed by atoms with Gasteiger partial charge in [0.05, 0.1) is 24.7 Å². The van der Waals surface area contributed by atoms with Crippen molar-refractivity contribution in [2.45, 2.75) is 110 Å². The summed E-state index contributed by atoms with van der Waals surface area (Å²) in [7, 11) is 1.66. The van der Waals surface area contributed by atoms with Crippen LogP contribution in [0.3, 0.4) is 0 Å². The number of allylic oxidation sites excluding steroid dienone is 1. The van der Waals surface area contributed by atoms with E-state index < -0.39 is 0 Å². The Labute approximate surface area is 273 Å². The molecule has 1 aromatic carbocycles. The molecular weight excluding hydrogens is 578 g/mol. The second-order valence-corrected chi connectivity index (χ2v) is 14.8.